The van der Waals surface area contributed by atoms with E-state index in [1.807, 2.05) is 11.5 Å². The molecule has 0 spiro atoms. The number of nitrogens with zero attached hydrogens (tertiary/aromatic N) is 2. The quantitative estimate of drug-likeness (QED) is 0.782. The average Bonchev–Trinajstić information content (AvgIpc) is 2.91. The number of rotatable bonds is 5. The Balaban J connectivity index is 2.26. The molecule has 0 radical (unpaired) electrons. The van der Waals surface area contributed by atoms with Crippen molar-refractivity contribution in [2.75, 3.05) is 7.05 Å². The maximum atomic E-state index is 12.7. The minimum Gasteiger partial charge on any atom is -0.349 e. The van der Waals surface area contributed by atoms with Crippen molar-refractivity contribution in [1.29, 1.82) is 0 Å². The molecule has 1 saturated carbocycles. The minimum atomic E-state index is -3.41. The molecule has 0 atom stereocenters. The molecule has 6 heteroatoms. The first kappa shape index (κ1) is 15.9. The van der Waals surface area contributed by atoms with Crippen molar-refractivity contribution in [3.8, 4) is 0 Å². The number of halogens is 1. The van der Waals surface area contributed by atoms with Gasteiger partial charge in [-0.3, -0.25) is 0 Å². The fraction of sp³-hybridized carbons (Fsp3) is 0.714. The molecule has 1 fully saturated rings. The van der Waals surface area contributed by atoms with Crippen LogP contribution in [0.15, 0.2) is 17.2 Å². The van der Waals surface area contributed by atoms with Gasteiger partial charge >= 0.3 is 0 Å². The van der Waals surface area contributed by atoms with Gasteiger partial charge in [-0.05, 0) is 25.8 Å². The van der Waals surface area contributed by atoms with E-state index >= 15 is 0 Å². The standard InChI is InChI=1S/C14H23ClN2O2S/c1-3-17-11-14(9-13(17)10-15)20(18,19)16(2)12-7-5-4-6-8-12/h9,11-12H,3-8,10H2,1-2H3. The molecule has 0 aromatic carbocycles. The van der Waals surface area contributed by atoms with E-state index in [-0.39, 0.29) is 6.04 Å². The molecule has 1 aromatic heterocycles. The summed E-state index contributed by atoms with van der Waals surface area (Å²) < 4.78 is 28.8. The molecule has 0 saturated heterocycles. The van der Waals surface area contributed by atoms with Gasteiger partial charge in [0.1, 0.15) is 4.90 Å². The third-order valence-corrected chi connectivity index (χ3v) is 6.35. The summed E-state index contributed by atoms with van der Waals surface area (Å²) in [4.78, 5) is 0.364. The zero-order valence-corrected chi connectivity index (χ0v) is 13.8. The van der Waals surface area contributed by atoms with E-state index in [1.165, 1.54) is 6.42 Å². The Bertz CT molecular complexity index is 526. The predicted octanol–water partition coefficient (Wildman–Crippen LogP) is 3.20. The van der Waals surface area contributed by atoms with Gasteiger partial charge in [-0.25, -0.2) is 8.42 Å². The number of alkyl halides is 1. The van der Waals surface area contributed by atoms with Crippen LogP contribution in [0.25, 0.3) is 0 Å². The van der Waals surface area contributed by atoms with E-state index in [0.717, 1.165) is 37.9 Å². The molecule has 0 amide bonds. The number of aromatic nitrogens is 1. The molecule has 1 aliphatic rings. The molecule has 2 rings (SSSR count). The Morgan fingerprint density at radius 2 is 2.00 bits per heavy atom. The molecular formula is C14H23ClN2O2S. The fourth-order valence-corrected chi connectivity index (χ4v) is 4.59. The van der Waals surface area contributed by atoms with Crippen LogP contribution in [0, 0.1) is 0 Å². The summed E-state index contributed by atoms with van der Waals surface area (Å²) in [6.07, 6.45) is 7.08. The van der Waals surface area contributed by atoms with Crippen LogP contribution in [0.2, 0.25) is 0 Å². The molecule has 0 aliphatic heterocycles. The van der Waals surface area contributed by atoms with Crippen LogP contribution in [-0.2, 0) is 22.4 Å². The highest BCUT2D eigenvalue weighted by Crippen LogP contribution is 2.27. The molecule has 1 heterocycles. The Morgan fingerprint density at radius 1 is 1.35 bits per heavy atom. The lowest BCUT2D eigenvalue weighted by Crippen LogP contribution is -2.38. The van der Waals surface area contributed by atoms with Crippen LogP contribution in [0.5, 0.6) is 0 Å². The van der Waals surface area contributed by atoms with Crippen LogP contribution in [0.3, 0.4) is 0 Å². The van der Waals surface area contributed by atoms with Crippen LogP contribution < -0.4 is 0 Å². The molecule has 0 unspecified atom stereocenters. The monoisotopic (exact) mass is 318 g/mol. The van der Waals surface area contributed by atoms with E-state index in [1.54, 1.807) is 23.6 Å². The fourth-order valence-electron chi connectivity index (χ4n) is 2.88. The van der Waals surface area contributed by atoms with Crippen molar-refractivity contribution in [3.05, 3.63) is 18.0 Å². The molecule has 114 valence electrons. The lowest BCUT2D eigenvalue weighted by Gasteiger charge is -2.30. The third kappa shape index (κ3) is 3.05. The Labute approximate surface area is 126 Å². The first-order valence-corrected chi connectivity index (χ1v) is 9.21. The van der Waals surface area contributed by atoms with E-state index in [0.29, 0.717) is 10.8 Å². The summed E-state index contributed by atoms with van der Waals surface area (Å²) in [6.45, 7) is 2.71. The van der Waals surface area contributed by atoms with Crippen molar-refractivity contribution in [2.24, 2.45) is 0 Å². The van der Waals surface area contributed by atoms with E-state index in [9.17, 15) is 8.42 Å². The SMILES string of the molecule is CCn1cc(S(=O)(=O)N(C)C2CCCCC2)cc1CCl. The number of sulfonamides is 1. The van der Waals surface area contributed by atoms with Crippen LogP contribution in [-0.4, -0.2) is 30.4 Å². The van der Waals surface area contributed by atoms with Gasteiger partial charge in [0.2, 0.25) is 10.0 Å². The minimum absolute atomic E-state index is 0.137. The molecule has 20 heavy (non-hydrogen) atoms. The lowest BCUT2D eigenvalue weighted by atomic mass is 9.96. The summed E-state index contributed by atoms with van der Waals surface area (Å²) in [7, 11) is -1.70. The molecule has 1 aromatic rings. The van der Waals surface area contributed by atoms with Crippen LogP contribution in [0.1, 0.15) is 44.7 Å². The van der Waals surface area contributed by atoms with Gasteiger partial charge in [0.15, 0.2) is 0 Å². The second kappa shape index (κ2) is 6.50. The predicted molar refractivity (Wildman–Crippen MR) is 81.5 cm³/mol. The first-order valence-electron chi connectivity index (χ1n) is 7.23. The highest BCUT2D eigenvalue weighted by atomic mass is 35.5. The summed E-state index contributed by atoms with van der Waals surface area (Å²) in [5, 5.41) is 0. The maximum absolute atomic E-state index is 12.7. The first-order chi connectivity index (χ1) is 9.50. The molecule has 0 N–H and O–H groups in total. The Kier molecular flexibility index (Phi) is 5.15. The van der Waals surface area contributed by atoms with Gasteiger partial charge in [0.05, 0.1) is 5.88 Å². The molecule has 4 nitrogen and oxygen atoms in total. The van der Waals surface area contributed by atoms with Crippen LogP contribution >= 0.6 is 11.6 Å². The summed E-state index contributed by atoms with van der Waals surface area (Å²) in [6, 6.07) is 1.84. The second-order valence-corrected chi connectivity index (χ2v) is 7.66. The third-order valence-electron chi connectivity index (χ3n) is 4.20. The van der Waals surface area contributed by atoms with E-state index in [2.05, 4.69) is 0 Å². The van der Waals surface area contributed by atoms with Gasteiger partial charge in [-0.1, -0.05) is 19.3 Å². The zero-order chi connectivity index (χ0) is 14.8. The maximum Gasteiger partial charge on any atom is 0.244 e. The second-order valence-electron chi connectivity index (χ2n) is 5.40. The van der Waals surface area contributed by atoms with Crippen LogP contribution in [0.4, 0.5) is 0 Å². The lowest BCUT2D eigenvalue weighted by molar-refractivity contribution is 0.286. The topological polar surface area (TPSA) is 42.3 Å². The van der Waals surface area contributed by atoms with Gasteiger partial charge in [0, 0.05) is 31.5 Å². The normalized spacial score (nSPS) is 17.8. The average molecular weight is 319 g/mol. The van der Waals surface area contributed by atoms with Gasteiger partial charge < -0.3 is 4.57 Å². The van der Waals surface area contributed by atoms with Gasteiger partial charge in [-0.2, -0.15) is 4.31 Å². The summed E-state index contributed by atoms with van der Waals surface area (Å²) in [5.74, 6) is 0.330. The molecule has 0 bridgehead atoms. The largest absolute Gasteiger partial charge is 0.349 e. The molecular weight excluding hydrogens is 296 g/mol. The Morgan fingerprint density at radius 3 is 2.50 bits per heavy atom. The van der Waals surface area contributed by atoms with Gasteiger partial charge in [-0.15, -0.1) is 11.6 Å². The van der Waals surface area contributed by atoms with Crippen molar-refractivity contribution < 1.29 is 8.42 Å². The summed E-state index contributed by atoms with van der Waals surface area (Å²) in [5.41, 5.74) is 0.852. The highest BCUT2D eigenvalue weighted by molar-refractivity contribution is 7.89. The van der Waals surface area contributed by atoms with E-state index < -0.39 is 10.0 Å². The van der Waals surface area contributed by atoms with Crippen molar-refractivity contribution in [3.63, 3.8) is 0 Å². The summed E-state index contributed by atoms with van der Waals surface area (Å²) >= 11 is 5.87. The molecule has 1 aliphatic carbocycles. The smallest absolute Gasteiger partial charge is 0.244 e. The van der Waals surface area contributed by atoms with Crippen molar-refractivity contribution in [1.82, 2.24) is 8.87 Å². The zero-order valence-electron chi connectivity index (χ0n) is 12.2. The van der Waals surface area contributed by atoms with Gasteiger partial charge in [0.25, 0.3) is 0 Å². The highest BCUT2D eigenvalue weighted by Gasteiger charge is 2.30. The van der Waals surface area contributed by atoms with Crippen molar-refractivity contribution >= 4 is 21.6 Å². The van der Waals surface area contributed by atoms with E-state index in [4.69, 9.17) is 11.6 Å². The number of hydrogen-bond acceptors (Lipinski definition) is 2. The number of aryl methyl sites for hydroxylation is 1. The number of hydrogen-bond donors (Lipinski definition) is 0. The Hall–Kier alpha value is -0.520. The van der Waals surface area contributed by atoms with Crippen molar-refractivity contribution in [2.45, 2.75) is 62.4 Å².